The molecule has 0 aromatic heterocycles. The Kier molecular flexibility index (Phi) is 7.02. The molecular weight excluding hydrogens is 151 g/mol. The van der Waals surface area contributed by atoms with Crippen molar-refractivity contribution in [1.29, 1.82) is 0 Å². The molecule has 1 N–H and O–H groups in total. The summed E-state index contributed by atoms with van der Waals surface area (Å²) in [5.41, 5.74) is 0. The van der Waals surface area contributed by atoms with Gasteiger partial charge in [-0.25, -0.2) is 0 Å². The van der Waals surface area contributed by atoms with Crippen molar-refractivity contribution in [3.8, 4) is 0 Å². The minimum Gasteiger partial charge on any atom is -0.286 e. The van der Waals surface area contributed by atoms with E-state index in [4.69, 9.17) is 9.12 Å². The number of hydrogen-bond donors (Lipinski definition) is 1. The second-order valence-corrected chi connectivity index (χ2v) is 2.61. The van der Waals surface area contributed by atoms with Crippen LogP contribution in [0.3, 0.4) is 0 Å². The Hall–Kier alpha value is 0.01000. The van der Waals surface area contributed by atoms with Gasteiger partial charge in [-0.15, -0.1) is 0 Å². The zero-order valence-corrected chi connectivity index (χ0v) is 6.10. The van der Waals surface area contributed by atoms with Crippen molar-refractivity contribution in [3.05, 3.63) is 0 Å². The SMILES string of the molecule is CCS(=O)(=O)O.O=P. The van der Waals surface area contributed by atoms with Crippen LogP contribution in [0, 0.1) is 0 Å². The Morgan fingerprint density at radius 2 is 1.62 bits per heavy atom. The first-order valence-electron chi connectivity index (χ1n) is 1.72. The lowest BCUT2D eigenvalue weighted by atomic mass is 11.0. The molecule has 0 unspecified atom stereocenters. The van der Waals surface area contributed by atoms with Gasteiger partial charge in [-0.1, -0.05) is 0 Å². The molecule has 0 rings (SSSR count). The van der Waals surface area contributed by atoms with Gasteiger partial charge in [-0.2, -0.15) is 8.42 Å². The molecule has 0 heterocycles. The summed E-state index contributed by atoms with van der Waals surface area (Å²) >= 11 is 0. The van der Waals surface area contributed by atoms with Crippen molar-refractivity contribution < 1.29 is 17.5 Å². The highest BCUT2D eigenvalue weighted by Crippen LogP contribution is 1.74. The van der Waals surface area contributed by atoms with Crippen LogP contribution in [-0.4, -0.2) is 18.7 Å². The van der Waals surface area contributed by atoms with E-state index in [1.165, 1.54) is 6.92 Å². The smallest absolute Gasteiger partial charge is 0.264 e. The second-order valence-electron chi connectivity index (χ2n) is 0.871. The molecule has 0 aromatic rings. The van der Waals surface area contributed by atoms with Gasteiger partial charge in [0.1, 0.15) is 9.12 Å². The summed E-state index contributed by atoms with van der Waals surface area (Å²) in [7, 11) is -1.94. The summed E-state index contributed by atoms with van der Waals surface area (Å²) in [6, 6.07) is 0. The molecule has 8 heavy (non-hydrogen) atoms. The summed E-state index contributed by atoms with van der Waals surface area (Å²) in [5, 5.41) is 0. The van der Waals surface area contributed by atoms with Crippen LogP contribution in [0.4, 0.5) is 0 Å². The molecule has 0 atom stereocenters. The standard InChI is InChI=1S/C2H6O3S.HOP/c1-2-6(3,4)5;1-2/h2H2,1H3,(H,3,4,5);2H. The molecule has 0 aromatic carbocycles. The second kappa shape index (κ2) is 5.15. The first kappa shape index (κ1) is 10.9. The normalized spacial score (nSPS) is 9.25. The van der Waals surface area contributed by atoms with E-state index in [1.54, 1.807) is 9.12 Å². The fourth-order valence-corrected chi connectivity index (χ4v) is 0. The molecule has 0 bridgehead atoms. The van der Waals surface area contributed by atoms with Crippen LogP contribution in [0.25, 0.3) is 0 Å². The average Bonchev–Trinajstić information content (AvgIpc) is 1.71. The molecule has 6 heteroatoms. The molecule has 0 aliphatic rings. The van der Waals surface area contributed by atoms with Gasteiger partial charge in [-0.3, -0.25) is 9.12 Å². The highest BCUT2D eigenvalue weighted by atomic mass is 32.2. The van der Waals surface area contributed by atoms with Crippen molar-refractivity contribution in [1.82, 2.24) is 0 Å². The number of hydrogen-bond acceptors (Lipinski definition) is 3. The van der Waals surface area contributed by atoms with E-state index in [0.717, 1.165) is 0 Å². The van der Waals surface area contributed by atoms with Crippen LogP contribution in [0.5, 0.6) is 0 Å². The maximum absolute atomic E-state index is 9.56. The lowest BCUT2D eigenvalue weighted by Crippen LogP contribution is -1.97. The molecule has 50 valence electrons. The van der Waals surface area contributed by atoms with Crippen LogP contribution < -0.4 is 0 Å². The first-order valence-corrected chi connectivity index (χ1v) is 3.73. The molecule has 4 nitrogen and oxygen atoms in total. The maximum Gasteiger partial charge on any atom is 0.264 e. The van der Waals surface area contributed by atoms with E-state index >= 15 is 0 Å². The van der Waals surface area contributed by atoms with E-state index in [1.807, 2.05) is 0 Å². The van der Waals surface area contributed by atoms with E-state index in [0.29, 0.717) is 0 Å². The van der Waals surface area contributed by atoms with Gasteiger partial charge in [0, 0.05) is 0 Å². The van der Waals surface area contributed by atoms with Crippen LogP contribution in [0.1, 0.15) is 6.92 Å². The Bertz CT molecular complexity index is 127. The monoisotopic (exact) mass is 158 g/mol. The molecule has 0 saturated heterocycles. The van der Waals surface area contributed by atoms with Crippen LogP contribution >= 0.6 is 9.12 Å². The van der Waals surface area contributed by atoms with Gasteiger partial charge < -0.3 is 0 Å². The average molecular weight is 158 g/mol. The zero-order valence-electron chi connectivity index (χ0n) is 4.29. The molecule has 0 spiro atoms. The molecular formula is C2H7O4PS. The Morgan fingerprint density at radius 1 is 1.50 bits per heavy atom. The zero-order chi connectivity index (χ0) is 7.21. The highest BCUT2D eigenvalue weighted by Gasteiger charge is 1.93. The lowest BCUT2D eigenvalue weighted by Gasteiger charge is -1.79. The van der Waals surface area contributed by atoms with Gasteiger partial charge in [-0.05, 0) is 6.92 Å². The summed E-state index contributed by atoms with van der Waals surface area (Å²) in [6.45, 7) is 1.37. The summed E-state index contributed by atoms with van der Waals surface area (Å²) in [4.78, 5) is 0. The van der Waals surface area contributed by atoms with Crippen LogP contribution in [-0.2, 0) is 14.7 Å². The summed E-state index contributed by atoms with van der Waals surface area (Å²) < 4.78 is 35.0. The molecule has 0 fully saturated rings. The Labute approximate surface area is 50.3 Å². The van der Waals surface area contributed by atoms with Crippen molar-refractivity contribution in [2.75, 3.05) is 5.75 Å². The summed E-state index contributed by atoms with van der Waals surface area (Å²) in [5.74, 6) is -0.201. The quantitative estimate of drug-likeness (QED) is 0.442. The minimum atomic E-state index is -3.66. The van der Waals surface area contributed by atoms with Crippen molar-refractivity contribution in [2.45, 2.75) is 6.92 Å². The highest BCUT2D eigenvalue weighted by molar-refractivity contribution is 7.85. The van der Waals surface area contributed by atoms with Gasteiger partial charge in [0.2, 0.25) is 0 Å². The molecule has 0 radical (unpaired) electrons. The Balaban J connectivity index is 0. The van der Waals surface area contributed by atoms with E-state index < -0.39 is 10.1 Å². The third-order valence-electron chi connectivity index (χ3n) is 0.365. The van der Waals surface area contributed by atoms with E-state index in [-0.39, 0.29) is 5.75 Å². The van der Waals surface area contributed by atoms with Gasteiger partial charge in [0.25, 0.3) is 10.1 Å². The van der Waals surface area contributed by atoms with Crippen molar-refractivity contribution in [2.24, 2.45) is 0 Å². The molecule has 0 amide bonds. The fraction of sp³-hybridized carbons (Fsp3) is 1.00. The van der Waals surface area contributed by atoms with E-state index in [9.17, 15) is 8.42 Å². The lowest BCUT2D eigenvalue weighted by molar-refractivity contribution is 0.484. The van der Waals surface area contributed by atoms with Crippen LogP contribution in [0.15, 0.2) is 0 Å². The van der Waals surface area contributed by atoms with Gasteiger partial charge >= 0.3 is 0 Å². The fourth-order valence-electron chi connectivity index (χ4n) is 0. The van der Waals surface area contributed by atoms with Gasteiger partial charge in [0.05, 0.1) is 5.75 Å². The maximum atomic E-state index is 9.56. The van der Waals surface area contributed by atoms with E-state index in [2.05, 4.69) is 0 Å². The molecule has 0 aliphatic heterocycles. The van der Waals surface area contributed by atoms with Crippen LogP contribution in [0.2, 0.25) is 0 Å². The predicted molar refractivity (Wildman–Crippen MR) is 31.1 cm³/mol. The predicted octanol–water partition coefficient (Wildman–Crippen LogP) is 0.369. The number of rotatable bonds is 1. The first-order chi connectivity index (χ1) is 3.56. The van der Waals surface area contributed by atoms with Crippen molar-refractivity contribution >= 4 is 19.2 Å². The molecule has 0 saturated carbocycles. The topological polar surface area (TPSA) is 71.4 Å². The third kappa shape index (κ3) is 16.7. The Morgan fingerprint density at radius 3 is 1.62 bits per heavy atom. The largest absolute Gasteiger partial charge is 0.286 e. The molecule has 0 aliphatic carbocycles. The summed E-state index contributed by atoms with van der Waals surface area (Å²) in [6.07, 6.45) is 0. The van der Waals surface area contributed by atoms with Crippen molar-refractivity contribution in [3.63, 3.8) is 0 Å². The third-order valence-corrected chi connectivity index (χ3v) is 1.09. The minimum absolute atomic E-state index is 0.201. The van der Waals surface area contributed by atoms with Gasteiger partial charge in [0.15, 0.2) is 0 Å².